The van der Waals surface area contributed by atoms with Crippen molar-refractivity contribution in [2.75, 3.05) is 4.90 Å². The Bertz CT molecular complexity index is 1000. The van der Waals surface area contributed by atoms with E-state index in [2.05, 4.69) is 95.9 Å². The molecular formula is C23H17N. The number of para-hydroxylation sites is 2. The Kier molecular flexibility index (Phi) is 2.92. The van der Waals surface area contributed by atoms with Crippen molar-refractivity contribution in [3.63, 3.8) is 0 Å². The van der Waals surface area contributed by atoms with Crippen LogP contribution in [0.3, 0.4) is 0 Å². The van der Waals surface area contributed by atoms with Crippen molar-refractivity contribution in [3.8, 4) is 0 Å². The number of hydrogen-bond acceptors (Lipinski definition) is 1. The van der Waals surface area contributed by atoms with Gasteiger partial charge in [0.15, 0.2) is 0 Å². The van der Waals surface area contributed by atoms with Crippen LogP contribution >= 0.6 is 0 Å². The largest absolute Gasteiger partial charge is 0.310 e. The van der Waals surface area contributed by atoms with Crippen LogP contribution in [-0.2, 0) is 6.42 Å². The highest BCUT2D eigenvalue weighted by Crippen LogP contribution is 2.43. The van der Waals surface area contributed by atoms with Crippen LogP contribution in [0.2, 0.25) is 0 Å². The van der Waals surface area contributed by atoms with Crippen LogP contribution in [0, 0.1) is 0 Å². The van der Waals surface area contributed by atoms with Gasteiger partial charge in [0.2, 0.25) is 0 Å². The van der Waals surface area contributed by atoms with E-state index in [1.54, 1.807) is 0 Å². The summed E-state index contributed by atoms with van der Waals surface area (Å²) in [7, 11) is 0. The van der Waals surface area contributed by atoms with E-state index in [4.69, 9.17) is 0 Å². The number of anilines is 3. The summed E-state index contributed by atoms with van der Waals surface area (Å²) in [6.07, 6.45) is 0.996. The van der Waals surface area contributed by atoms with Crippen molar-refractivity contribution >= 4 is 27.8 Å². The Labute approximate surface area is 141 Å². The first-order valence-corrected chi connectivity index (χ1v) is 8.35. The number of benzene rings is 4. The van der Waals surface area contributed by atoms with E-state index in [9.17, 15) is 0 Å². The van der Waals surface area contributed by atoms with Gasteiger partial charge in [-0.15, -0.1) is 0 Å². The average Bonchev–Trinajstić information content (AvgIpc) is 2.65. The SMILES string of the molecule is c1ccc2c(c1)Cc1ccccc1N2c1ccc2ccccc2c1. The molecule has 1 aliphatic rings. The Morgan fingerprint density at radius 2 is 1.12 bits per heavy atom. The smallest absolute Gasteiger partial charge is 0.0497 e. The van der Waals surface area contributed by atoms with Gasteiger partial charge in [0.1, 0.15) is 0 Å². The summed E-state index contributed by atoms with van der Waals surface area (Å²) in [4.78, 5) is 2.39. The van der Waals surface area contributed by atoms with Crippen LogP contribution in [0.5, 0.6) is 0 Å². The third-order valence-corrected chi connectivity index (χ3v) is 4.84. The van der Waals surface area contributed by atoms with Crippen LogP contribution in [0.25, 0.3) is 10.8 Å². The van der Waals surface area contributed by atoms with Crippen LogP contribution in [0.15, 0.2) is 91.0 Å². The molecule has 0 radical (unpaired) electrons. The summed E-state index contributed by atoms with van der Waals surface area (Å²) in [5, 5.41) is 2.55. The lowest BCUT2D eigenvalue weighted by atomic mass is 9.95. The van der Waals surface area contributed by atoms with E-state index in [0.29, 0.717) is 0 Å². The van der Waals surface area contributed by atoms with Gasteiger partial charge in [-0.25, -0.2) is 0 Å². The molecule has 1 heteroatoms. The van der Waals surface area contributed by atoms with Gasteiger partial charge in [-0.1, -0.05) is 66.7 Å². The fourth-order valence-electron chi connectivity index (χ4n) is 3.69. The highest BCUT2D eigenvalue weighted by molar-refractivity contribution is 5.91. The Morgan fingerprint density at radius 3 is 1.83 bits per heavy atom. The van der Waals surface area contributed by atoms with Crippen LogP contribution in [0.1, 0.15) is 11.1 Å². The summed E-state index contributed by atoms with van der Waals surface area (Å²) in [5.74, 6) is 0. The van der Waals surface area contributed by atoms with Crippen molar-refractivity contribution in [3.05, 3.63) is 102 Å². The second kappa shape index (κ2) is 5.24. The number of hydrogen-bond donors (Lipinski definition) is 0. The first-order chi connectivity index (χ1) is 11.9. The third kappa shape index (κ3) is 2.02. The normalized spacial score (nSPS) is 12.8. The minimum absolute atomic E-state index is 0.996. The highest BCUT2D eigenvalue weighted by atomic mass is 15.2. The molecule has 114 valence electrons. The maximum Gasteiger partial charge on any atom is 0.0497 e. The fourth-order valence-corrected chi connectivity index (χ4v) is 3.69. The molecule has 0 amide bonds. The Balaban J connectivity index is 1.77. The predicted octanol–water partition coefficient (Wildman–Crippen LogP) is 6.21. The number of fused-ring (bicyclic) bond motifs is 3. The van der Waals surface area contributed by atoms with E-state index >= 15 is 0 Å². The molecule has 0 aromatic heterocycles. The summed E-state index contributed by atoms with van der Waals surface area (Å²) in [6, 6.07) is 32.7. The summed E-state index contributed by atoms with van der Waals surface area (Å²) >= 11 is 0. The van der Waals surface area contributed by atoms with Gasteiger partial charge in [-0.3, -0.25) is 0 Å². The Hall–Kier alpha value is -3.06. The third-order valence-electron chi connectivity index (χ3n) is 4.84. The molecule has 4 aromatic rings. The molecule has 0 spiro atoms. The first kappa shape index (κ1) is 13.4. The highest BCUT2D eigenvalue weighted by Gasteiger charge is 2.23. The molecule has 1 nitrogen and oxygen atoms in total. The molecule has 0 unspecified atom stereocenters. The van der Waals surface area contributed by atoms with E-state index in [-0.39, 0.29) is 0 Å². The zero-order valence-electron chi connectivity index (χ0n) is 13.3. The monoisotopic (exact) mass is 307 g/mol. The molecule has 0 saturated heterocycles. The molecule has 4 aromatic carbocycles. The second-order valence-corrected chi connectivity index (χ2v) is 6.30. The topological polar surface area (TPSA) is 3.24 Å². The molecule has 1 heterocycles. The zero-order valence-corrected chi connectivity index (χ0v) is 13.3. The fraction of sp³-hybridized carbons (Fsp3) is 0.0435. The van der Waals surface area contributed by atoms with Crippen molar-refractivity contribution in [1.29, 1.82) is 0 Å². The molecule has 0 bridgehead atoms. The first-order valence-electron chi connectivity index (χ1n) is 8.35. The molecule has 0 saturated carbocycles. The summed E-state index contributed by atoms with van der Waals surface area (Å²) in [6.45, 7) is 0. The maximum atomic E-state index is 2.39. The summed E-state index contributed by atoms with van der Waals surface area (Å²) in [5.41, 5.74) is 6.54. The lowest BCUT2D eigenvalue weighted by Gasteiger charge is -2.33. The van der Waals surface area contributed by atoms with E-state index in [0.717, 1.165) is 6.42 Å². The molecule has 0 N–H and O–H groups in total. The van der Waals surface area contributed by atoms with Gasteiger partial charge >= 0.3 is 0 Å². The van der Waals surface area contributed by atoms with Crippen molar-refractivity contribution in [2.24, 2.45) is 0 Å². The van der Waals surface area contributed by atoms with Crippen LogP contribution < -0.4 is 4.90 Å². The lowest BCUT2D eigenvalue weighted by Crippen LogP contribution is -2.18. The maximum absolute atomic E-state index is 2.39. The number of rotatable bonds is 1. The molecular weight excluding hydrogens is 290 g/mol. The van der Waals surface area contributed by atoms with E-state index in [1.807, 2.05) is 0 Å². The van der Waals surface area contributed by atoms with E-state index < -0.39 is 0 Å². The lowest BCUT2D eigenvalue weighted by molar-refractivity contribution is 1.09. The van der Waals surface area contributed by atoms with Crippen molar-refractivity contribution in [1.82, 2.24) is 0 Å². The minimum atomic E-state index is 0.996. The standard InChI is InChI=1S/C23H17N/c1-2-8-18-16-21(14-13-17(18)7-1)24-22-11-5-3-9-19(22)15-20-10-4-6-12-23(20)24/h1-14,16H,15H2. The van der Waals surface area contributed by atoms with Crippen molar-refractivity contribution in [2.45, 2.75) is 6.42 Å². The molecule has 0 aliphatic carbocycles. The quantitative estimate of drug-likeness (QED) is 0.355. The van der Waals surface area contributed by atoms with Gasteiger partial charge in [0, 0.05) is 23.5 Å². The molecule has 0 fully saturated rings. The van der Waals surface area contributed by atoms with Gasteiger partial charge in [-0.2, -0.15) is 0 Å². The minimum Gasteiger partial charge on any atom is -0.310 e. The van der Waals surface area contributed by atoms with E-state index in [1.165, 1.54) is 39.0 Å². The molecule has 1 aliphatic heterocycles. The van der Waals surface area contributed by atoms with Crippen molar-refractivity contribution < 1.29 is 0 Å². The van der Waals surface area contributed by atoms with Gasteiger partial charge in [-0.05, 0) is 46.2 Å². The van der Waals surface area contributed by atoms with Gasteiger partial charge < -0.3 is 4.90 Å². The predicted molar refractivity (Wildman–Crippen MR) is 101 cm³/mol. The molecule has 24 heavy (non-hydrogen) atoms. The van der Waals surface area contributed by atoms with Crippen LogP contribution in [0.4, 0.5) is 17.1 Å². The molecule has 5 rings (SSSR count). The summed E-state index contributed by atoms with van der Waals surface area (Å²) < 4.78 is 0. The average molecular weight is 307 g/mol. The number of nitrogens with zero attached hydrogens (tertiary/aromatic N) is 1. The van der Waals surface area contributed by atoms with Gasteiger partial charge in [0.05, 0.1) is 0 Å². The second-order valence-electron chi connectivity index (χ2n) is 6.30. The molecule has 0 atom stereocenters. The van der Waals surface area contributed by atoms with Gasteiger partial charge in [0.25, 0.3) is 0 Å². The zero-order chi connectivity index (χ0) is 15.9. The van der Waals surface area contributed by atoms with Crippen LogP contribution in [-0.4, -0.2) is 0 Å². The Morgan fingerprint density at radius 1 is 0.542 bits per heavy atom.